The van der Waals surface area contributed by atoms with Crippen LogP contribution in [-0.2, 0) is 11.2 Å². The van der Waals surface area contributed by atoms with Crippen molar-refractivity contribution in [3.05, 3.63) is 47.2 Å². The number of rotatable bonds is 7. The fourth-order valence-corrected chi connectivity index (χ4v) is 2.42. The van der Waals surface area contributed by atoms with E-state index >= 15 is 0 Å². The molecule has 5 nitrogen and oxygen atoms in total. The van der Waals surface area contributed by atoms with E-state index in [0.29, 0.717) is 24.1 Å². The van der Waals surface area contributed by atoms with E-state index in [1.165, 1.54) is 11.1 Å². The molecule has 0 aliphatic heterocycles. The summed E-state index contributed by atoms with van der Waals surface area (Å²) in [5.41, 5.74) is 2.39. The zero-order chi connectivity index (χ0) is 16.8. The molecule has 0 bridgehead atoms. The van der Waals surface area contributed by atoms with Crippen LogP contribution in [0.1, 0.15) is 55.6 Å². The minimum absolute atomic E-state index is 0.00655. The predicted octanol–water partition coefficient (Wildman–Crippen LogP) is 3.52. The number of amides is 1. The highest BCUT2D eigenvalue weighted by Crippen LogP contribution is 2.20. The lowest BCUT2D eigenvalue weighted by Gasteiger charge is -2.17. The number of nitrogens with zero attached hydrogens (tertiary/aromatic N) is 2. The second-order valence-electron chi connectivity index (χ2n) is 6.39. The van der Waals surface area contributed by atoms with Gasteiger partial charge in [-0.2, -0.15) is 0 Å². The highest BCUT2D eigenvalue weighted by atomic mass is 16.4. The molecule has 124 valence electrons. The number of carbonyl (C=O) groups is 1. The first-order valence-electron chi connectivity index (χ1n) is 8.09. The average Bonchev–Trinajstić information content (AvgIpc) is 2.92. The molecular formula is C18H25N3O2. The Morgan fingerprint density at radius 2 is 1.87 bits per heavy atom. The Balaban J connectivity index is 1.93. The fourth-order valence-electron chi connectivity index (χ4n) is 2.42. The van der Waals surface area contributed by atoms with Crippen molar-refractivity contribution < 1.29 is 9.21 Å². The van der Waals surface area contributed by atoms with Gasteiger partial charge in [-0.25, -0.2) is 0 Å². The van der Waals surface area contributed by atoms with Crippen molar-refractivity contribution in [2.24, 2.45) is 5.92 Å². The molecule has 0 aliphatic carbocycles. The number of benzene rings is 1. The van der Waals surface area contributed by atoms with Crippen LogP contribution in [-0.4, -0.2) is 16.1 Å². The minimum Gasteiger partial charge on any atom is -0.423 e. The second kappa shape index (κ2) is 7.90. The summed E-state index contributed by atoms with van der Waals surface area (Å²) in [6, 6.07) is 8.04. The third-order valence-corrected chi connectivity index (χ3v) is 3.64. The molecule has 1 aromatic heterocycles. The zero-order valence-electron chi connectivity index (χ0n) is 14.3. The van der Waals surface area contributed by atoms with Crippen LogP contribution >= 0.6 is 0 Å². The number of nitrogens with one attached hydrogen (secondary N) is 1. The second-order valence-corrected chi connectivity index (χ2v) is 6.39. The van der Waals surface area contributed by atoms with Crippen LogP contribution < -0.4 is 5.32 Å². The molecule has 0 fully saturated rings. The topological polar surface area (TPSA) is 68.0 Å². The van der Waals surface area contributed by atoms with Crippen LogP contribution in [0.4, 0.5) is 0 Å². The average molecular weight is 315 g/mol. The Morgan fingerprint density at radius 3 is 2.43 bits per heavy atom. The summed E-state index contributed by atoms with van der Waals surface area (Å²) >= 11 is 0. The van der Waals surface area contributed by atoms with Gasteiger partial charge < -0.3 is 9.73 Å². The van der Waals surface area contributed by atoms with Crippen LogP contribution in [0.3, 0.4) is 0 Å². The molecule has 2 rings (SSSR count). The molecule has 23 heavy (non-hydrogen) atoms. The minimum atomic E-state index is -0.221. The van der Waals surface area contributed by atoms with E-state index in [4.69, 9.17) is 4.42 Å². The van der Waals surface area contributed by atoms with Crippen LogP contribution in [0.25, 0.3) is 0 Å². The normalized spacial score (nSPS) is 12.4. The lowest BCUT2D eigenvalue weighted by atomic mass is 10.0. The Kier molecular flexibility index (Phi) is 5.90. The summed E-state index contributed by atoms with van der Waals surface area (Å²) in [4.78, 5) is 12.3. The van der Waals surface area contributed by atoms with Gasteiger partial charge in [-0.1, -0.05) is 43.7 Å². The molecule has 5 heteroatoms. The summed E-state index contributed by atoms with van der Waals surface area (Å²) in [5, 5.41) is 10.9. The lowest BCUT2D eigenvalue weighted by molar-refractivity contribution is -0.122. The summed E-state index contributed by atoms with van der Waals surface area (Å²) in [7, 11) is 0. The summed E-state index contributed by atoms with van der Waals surface area (Å²) in [5.74, 6) is 1.43. The molecule has 1 N–H and O–H groups in total. The molecule has 1 unspecified atom stereocenters. The van der Waals surface area contributed by atoms with E-state index in [0.717, 1.165) is 12.8 Å². The van der Waals surface area contributed by atoms with Crippen molar-refractivity contribution in [1.29, 1.82) is 0 Å². The van der Waals surface area contributed by atoms with Gasteiger partial charge in [0.1, 0.15) is 6.04 Å². The summed E-state index contributed by atoms with van der Waals surface area (Å²) in [6.45, 7) is 8.02. The van der Waals surface area contributed by atoms with E-state index < -0.39 is 0 Å². The van der Waals surface area contributed by atoms with Gasteiger partial charge in [0.2, 0.25) is 17.7 Å². The van der Waals surface area contributed by atoms with Crippen molar-refractivity contribution >= 4 is 5.91 Å². The smallest absolute Gasteiger partial charge is 0.238 e. The van der Waals surface area contributed by atoms with Crippen LogP contribution in [0.5, 0.6) is 0 Å². The van der Waals surface area contributed by atoms with Crippen LogP contribution in [0.15, 0.2) is 28.7 Å². The van der Waals surface area contributed by atoms with Gasteiger partial charge in [0.05, 0.1) is 0 Å². The van der Waals surface area contributed by atoms with Gasteiger partial charge in [0.15, 0.2) is 0 Å². The van der Waals surface area contributed by atoms with Gasteiger partial charge in [-0.05, 0) is 31.2 Å². The van der Waals surface area contributed by atoms with Crippen molar-refractivity contribution in [2.75, 3.05) is 0 Å². The predicted molar refractivity (Wildman–Crippen MR) is 88.9 cm³/mol. The van der Waals surface area contributed by atoms with Gasteiger partial charge in [0.25, 0.3) is 0 Å². The van der Waals surface area contributed by atoms with Gasteiger partial charge in [-0.3, -0.25) is 4.79 Å². The molecule has 0 saturated carbocycles. The third-order valence-electron chi connectivity index (χ3n) is 3.64. The standard InChI is InChI=1S/C18H25N3O2/c1-12(2)11-16(18-21-20-14(4)23-18)19-17(22)10-9-15-7-5-13(3)6-8-15/h5-8,12,16H,9-11H2,1-4H3,(H,19,22). The van der Waals surface area contributed by atoms with Gasteiger partial charge in [-0.15, -0.1) is 10.2 Å². The maximum Gasteiger partial charge on any atom is 0.238 e. The monoisotopic (exact) mass is 315 g/mol. The van der Waals surface area contributed by atoms with E-state index in [1.54, 1.807) is 6.92 Å². The van der Waals surface area contributed by atoms with E-state index in [9.17, 15) is 4.79 Å². The van der Waals surface area contributed by atoms with E-state index in [2.05, 4.69) is 60.6 Å². The quantitative estimate of drug-likeness (QED) is 0.849. The Labute approximate surface area is 137 Å². The molecule has 0 aliphatic rings. The largest absolute Gasteiger partial charge is 0.423 e. The summed E-state index contributed by atoms with van der Waals surface area (Å²) in [6.07, 6.45) is 1.95. The molecule has 1 amide bonds. The number of aromatic nitrogens is 2. The molecule has 0 spiro atoms. The Hall–Kier alpha value is -2.17. The maximum absolute atomic E-state index is 12.3. The highest BCUT2D eigenvalue weighted by Gasteiger charge is 2.21. The fraction of sp³-hybridized carbons (Fsp3) is 0.500. The van der Waals surface area contributed by atoms with Crippen molar-refractivity contribution in [3.8, 4) is 0 Å². The Morgan fingerprint density at radius 1 is 1.17 bits per heavy atom. The zero-order valence-corrected chi connectivity index (χ0v) is 14.3. The first kappa shape index (κ1) is 17.2. The van der Waals surface area contributed by atoms with Crippen molar-refractivity contribution in [2.45, 2.75) is 53.0 Å². The molecule has 0 saturated heterocycles. The first-order valence-corrected chi connectivity index (χ1v) is 8.09. The number of hydrogen-bond acceptors (Lipinski definition) is 4. The van der Waals surface area contributed by atoms with Crippen LogP contribution in [0.2, 0.25) is 0 Å². The molecule has 1 aromatic carbocycles. The van der Waals surface area contributed by atoms with Crippen LogP contribution in [0, 0.1) is 19.8 Å². The van der Waals surface area contributed by atoms with Gasteiger partial charge >= 0.3 is 0 Å². The number of aryl methyl sites for hydroxylation is 3. The van der Waals surface area contributed by atoms with Crippen molar-refractivity contribution in [3.63, 3.8) is 0 Å². The maximum atomic E-state index is 12.3. The van der Waals surface area contributed by atoms with E-state index in [1.807, 2.05) is 0 Å². The van der Waals surface area contributed by atoms with Crippen molar-refractivity contribution in [1.82, 2.24) is 15.5 Å². The molecule has 2 aromatic rings. The number of carbonyl (C=O) groups excluding carboxylic acids is 1. The molecular weight excluding hydrogens is 290 g/mol. The molecule has 1 atom stereocenters. The molecule has 1 heterocycles. The third kappa shape index (κ3) is 5.51. The van der Waals surface area contributed by atoms with Gasteiger partial charge in [0, 0.05) is 13.3 Å². The SMILES string of the molecule is Cc1ccc(CCC(=O)NC(CC(C)C)c2nnc(C)o2)cc1. The van der Waals surface area contributed by atoms with E-state index in [-0.39, 0.29) is 11.9 Å². The lowest BCUT2D eigenvalue weighted by Crippen LogP contribution is -2.30. The highest BCUT2D eigenvalue weighted by molar-refractivity contribution is 5.76. The Bertz CT molecular complexity index is 632. The first-order chi connectivity index (χ1) is 10.9. The summed E-state index contributed by atoms with van der Waals surface area (Å²) < 4.78 is 5.49. The number of hydrogen-bond donors (Lipinski definition) is 1. The molecule has 0 radical (unpaired) electrons.